The van der Waals surface area contributed by atoms with Gasteiger partial charge in [0.05, 0.1) is 54.0 Å². The number of esters is 4. The molecule has 0 amide bonds. The molecule has 0 radical (unpaired) electrons. The van der Waals surface area contributed by atoms with E-state index in [9.17, 15) is 19.2 Å². The fourth-order valence-electron chi connectivity index (χ4n) is 7.24. The Bertz CT molecular complexity index is 2660. The van der Waals surface area contributed by atoms with Gasteiger partial charge in [0.25, 0.3) is 0 Å². The van der Waals surface area contributed by atoms with E-state index in [1.807, 2.05) is 41.4 Å². The number of unbranched alkanes of at least 4 members (excludes halogenated alkanes) is 9. The van der Waals surface area contributed by atoms with Gasteiger partial charge in [-0.05, 0) is 153 Å². The lowest BCUT2D eigenvalue weighted by Gasteiger charge is -2.17. The van der Waals surface area contributed by atoms with Crippen LogP contribution >= 0.6 is 11.3 Å². The number of carbonyl (C=O) groups is 4. The van der Waals surface area contributed by atoms with Gasteiger partial charge in [-0.15, -0.1) is 0 Å². The van der Waals surface area contributed by atoms with Crippen LogP contribution < -0.4 is 24.0 Å². The average molecular weight is 968 g/mol. The number of fused-ring (bicyclic) bond motifs is 2. The van der Waals surface area contributed by atoms with Gasteiger partial charge in [-0.3, -0.25) is 0 Å². The number of hydrazone groups is 1. The molecule has 366 valence electrons. The van der Waals surface area contributed by atoms with E-state index in [0.29, 0.717) is 72.7 Å². The van der Waals surface area contributed by atoms with Crippen molar-refractivity contribution in [3.8, 4) is 23.0 Å². The summed E-state index contributed by atoms with van der Waals surface area (Å²) in [5.41, 5.74) is 2.16. The fraction of sp³-hybridized carbons (Fsp3) is 0.321. The summed E-state index contributed by atoms with van der Waals surface area (Å²) < 4.78 is 34.8. The van der Waals surface area contributed by atoms with Crippen molar-refractivity contribution in [2.75, 3.05) is 38.0 Å². The van der Waals surface area contributed by atoms with Crippen molar-refractivity contribution in [2.24, 2.45) is 5.10 Å². The summed E-state index contributed by atoms with van der Waals surface area (Å²) in [4.78, 5) is 54.3. The van der Waals surface area contributed by atoms with Crippen molar-refractivity contribution >= 4 is 67.5 Å². The molecule has 1 aromatic heterocycles. The SMILES string of the molecule is C=CC(=O)OCCCCCCOc1ccc(C(=O)Oc2ccc3c(C=NN(CCCCCC)c4nc5ccccc5s4)c(OC(=O)c4ccc(OCCCCCCOC(=O)C=C)cc4)ccc3c2)cc1. The molecule has 0 saturated carbocycles. The molecule has 0 aliphatic rings. The average Bonchev–Trinajstić information content (AvgIpc) is 3.82. The molecule has 1 heterocycles. The normalized spacial score (nSPS) is 11.0. The Morgan fingerprint density at radius 2 is 1.17 bits per heavy atom. The minimum absolute atomic E-state index is 0.301. The Kier molecular flexibility index (Phi) is 21.0. The van der Waals surface area contributed by atoms with Gasteiger partial charge in [-0.2, -0.15) is 5.10 Å². The number of rotatable bonds is 30. The molecule has 13 nitrogen and oxygen atoms in total. The first kappa shape index (κ1) is 52.1. The molecule has 0 spiro atoms. The van der Waals surface area contributed by atoms with E-state index in [1.165, 1.54) is 0 Å². The van der Waals surface area contributed by atoms with Crippen LogP contribution in [-0.4, -0.2) is 68.0 Å². The second-order valence-electron chi connectivity index (χ2n) is 16.3. The molecule has 0 unspecified atom stereocenters. The first-order valence-corrected chi connectivity index (χ1v) is 24.8. The Morgan fingerprint density at radius 1 is 0.614 bits per heavy atom. The van der Waals surface area contributed by atoms with Crippen molar-refractivity contribution in [1.82, 2.24) is 4.98 Å². The van der Waals surface area contributed by atoms with Crippen LogP contribution in [0.3, 0.4) is 0 Å². The maximum Gasteiger partial charge on any atom is 0.343 e. The van der Waals surface area contributed by atoms with Crippen LogP contribution in [0.25, 0.3) is 21.0 Å². The van der Waals surface area contributed by atoms with Crippen LogP contribution in [0, 0.1) is 0 Å². The van der Waals surface area contributed by atoms with Gasteiger partial charge in [0.2, 0.25) is 5.13 Å². The van der Waals surface area contributed by atoms with Gasteiger partial charge in [0.1, 0.15) is 23.0 Å². The quantitative estimate of drug-likeness (QED) is 0.0105. The maximum absolute atomic E-state index is 13.7. The molecule has 0 bridgehead atoms. The smallest absolute Gasteiger partial charge is 0.343 e. The molecule has 6 aromatic rings. The van der Waals surface area contributed by atoms with E-state index >= 15 is 0 Å². The highest BCUT2D eigenvalue weighted by Crippen LogP contribution is 2.33. The van der Waals surface area contributed by atoms with Crippen molar-refractivity contribution in [3.63, 3.8) is 0 Å². The molecule has 5 aromatic carbocycles. The number of aromatic nitrogens is 1. The molecule has 0 aliphatic heterocycles. The van der Waals surface area contributed by atoms with E-state index < -0.39 is 23.9 Å². The number of nitrogens with zero attached hydrogens (tertiary/aromatic N) is 3. The Morgan fingerprint density at radius 3 is 1.76 bits per heavy atom. The number of benzene rings is 5. The molecule has 0 aliphatic carbocycles. The second kappa shape index (κ2) is 28.2. The number of hydrogen-bond donors (Lipinski definition) is 0. The zero-order chi connectivity index (χ0) is 49.3. The summed E-state index contributed by atoms with van der Waals surface area (Å²) >= 11 is 1.57. The predicted octanol–water partition coefficient (Wildman–Crippen LogP) is 12.6. The van der Waals surface area contributed by atoms with Gasteiger partial charge in [0.15, 0.2) is 0 Å². The third kappa shape index (κ3) is 16.4. The van der Waals surface area contributed by atoms with Gasteiger partial charge in [-0.25, -0.2) is 29.2 Å². The number of thiazole rings is 1. The molecule has 0 atom stereocenters. The molecule has 6 rings (SSSR count). The van der Waals surface area contributed by atoms with Crippen LogP contribution in [0.1, 0.15) is 110 Å². The highest BCUT2D eigenvalue weighted by Gasteiger charge is 2.18. The van der Waals surface area contributed by atoms with E-state index in [1.54, 1.807) is 84.3 Å². The first-order valence-electron chi connectivity index (χ1n) is 24.0. The van der Waals surface area contributed by atoms with E-state index in [4.69, 9.17) is 38.5 Å². The summed E-state index contributed by atoms with van der Waals surface area (Å²) in [6.07, 6.45) is 15.1. The lowest BCUT2D eigenvalue weighted by atomic mass is 10.0. The van der Waals surface area contributed by atoms with Crippen molar-refractivity contribution in [2.45, 2.75) is 84.0 Å². The second-order valence-corrected chi connectivity index (χ2v) is 17.4. The molecule has 14 heteroatoms. The molecule has 0 fully saturated rings. The maximum atomic E-state index is 13.7. The lowest BCUT2D eigenvalue weighted by molar-refractivity contribution is -0.138. The fourth-order valence-corrected chi connectivity index (χ4v) is 8.19. The number of hydrogen-bond acceptors (Lipinski definition) is 14. The molecule has 70 heavy (non-hydrogen) atoms. The standard InChI is InChI=1S/C56H61N3O10S/c1-4-7-8-15-34-59(56-58-49-20-13-14-21-51(49)70-56)57-40-48-47-32-31-46(68-54(62)41-22-27-44(28-23-41)64-35-16-9-11-18-37-66-52(60)5-2)39-43(47)26-33-50(48)69-55(63)42-24-29-45(30-25-42)65-36-17-10-12-19-38-67-53(61)6-3/h5-6,13-14,20-33,39-40H,2-4,7-12,15-19,34-38H2,1H3. The van der Waals surface area contributed by atoms with Crippen LogP contribution in [0.2, 0.25) is 0 Å². The van der Waals surface area contributed by atoms with Gasteiger partial charge in [0, 0.05) is 24.3 Å². The van der Waals surface area contributed by atoms with E-state index in [0.717, 1.165) is 115 Å². The summed E-state index contributed by atoms with van der Waals surface area (Å²) in [6.45, 7) is 11.4. The van der Waals surface area contributed by atoms with E-state index in [-0.39, 0.29) is 0 Å². The number of anilines is 1. The number of ether oxygens (including phenoxy) is 6. The van der Waals surface area contributed by atoms with Crippen molar-refractivity contribution in [3.05, 3.63) is 145 Å². The first-order chi connectivity index (χ1) is 34.2. The molecule has 0 saturated heterocycles. The molecule has 0 N–H and O–H groups in total. The zero-order valence-electron chi connectivity index (χ0n) is 39.8. The minimum atomic E-state index is -0.553. The highest BCUT2D eigenvalue weighted by atomic mass is 32.1. The number of para-hydroxylation sites is 1. The van der Waals surface area contributed by atoms with Crippen molar-refractivity contribution < 1.29 is 47.6 Å². The molecular formula is C56H61N3O10S. The number of carbonyl (C=O) groups excluding carboxylic acids is 4. The van der Waals surface area contributed by atoms with Crippen LogP contribution in [0.5, 0.6) is 23.0 Å². The summed E-state index contributed by atoms with van der Waals surface area (Å²) in [7, 11) is 0. The summed E-state index contributed by atoms with van der Waals surface area (Å²) in [5.74, 6) is 0.0118. The predicted molar refractivity (Wildman–Crippen MR) is 276 cm³/mol. The third-order valence-corrected chi connectivity index (χ3v) is 12.1. The van der Waals surface area contributed by atoms with Crippen LogP contribution in [-0.2, 0) is 19.1 Å². The Hall–Kier alpha value is -7.32. The molecular weight excluding hydrogens is 907 g/mol. The van der Waals surface area contributed by atoms with Crippen molar-refractivity contribution in [1.29, 1.82) is 0 Å². The topological polar surface area (TPSA) is 152 Å². The summed E-state index contributed by atoms with van der Waals surface area (Å²) in [6, 6.07) is 30.5. The van der Waals surface area contributed by atoms with Gasteiger partial charge in [-0.1, -0.05) is 68.9 Å². The lowest BCUT2D eigenvalue weighted by Crippen LogP contribution is -2.18. The van der Waals surface area contributed by atoms with E-state index in [2.05, 4.69) is 20.1 Å². The third-order valence-electron chi connectivity index (χ3n) is 11.1. The van der Waals surface area contributed by atoms with Gasteiger partial charge < -0.3 is 28.4 Å². The Labute approximate surface area is 413 Å². The Balaban J connectivity index is 1.14. The monoisotopic (exact) mass is 967 g/mol. The largest absolute Gasteiger partial charge is 0.494 e. The van der Waals surface area contributed by atoms with Crippen LogP contribution in [0.4, 0.5) is 5.13 Å². The minimum Gasteiger partial charge on any atom is -0.494 e. The zero-order valence-corrected chi connectivity index (χ0v) is 40.6. The summed E-state index contributed by atoms with van der Waals surface area (Å²) in [5, 5.41) is 9.13. The highest BCUT2D eigenvalue weighted by molar-refractivity contribution is 7.22. The van der Waals surface area contributed by atoms with Gasteiger partial charge >= 0.3 is 23.9 Å². The van der Waals surface area contributed by atoms with Crippen LogP contribution in [0.15, 0.2) is 134 Å².